The molecule has 0 radical (unpaired) electrons. The molecule has 0 spiro atoms. The SMILES string of the molecule is IC[C@@H]1C[C@@H](COCc2ccccc2)N(Cc2ccccc2)O1. The minimum atomic E-state index is 0.296. The Kier molecular flexibility index (Phi) is 6.45. The molecule has 0 amide bonds. The molecule has 1 fully saturated rings. The molecule has 3 rings (SSSR count). The highest BCUT2D eigenvalue weighted by Crippen LogP contribution is 2.25. The van der Waals surface area contributed by atoms with E-state index in [1.165, 1.54) is 11.1 Å². The molecule has 2 atom stereocenters. The molecule has 1 aliphatic rings. The molecule has 3 nitrogen and oxygen atoms in total. The number of halogens is 1. The van der Waals surface area contributed by atoms with E-state index in [1.807, 2.05) is 24.3 Å². The maximum absolute atomic E-state index is 6.08. The highest BCUT2D eigenvalue weighted by molar-refractivity contribution is 14.1. The molecule has 2 aromatic rings. The van der Waals surface area contributed by atoms with Gasteiger partial charge in [-0.25, -0.2) is 0 Å². The van der Waals surface area contributed by atoms with Gasteiger partial charge in [0.2, 0.25) is 0 Å². The Hall–Kier alpha value is -0.950. The molecule has 122 valence electrons. The maximum atomic E-state index is 6.08. The van der Waals surface area contributed by atoms with E-state index in [1.54, 1.807) is 0 Å². The molecule has 0 bridgehead atoms. The fraction of sp³-hybridized carbons (Fsp3) is 0.368. The number of benzene rings is 2. The molecule has 2 aromatic carbocycles. The van der Waals surface area contributed by atoms with Gasteiger partial charge in [-0.05, 0) is 17.5 Å². The molecule has 0 saturated carbocycles. The number of hydrogen-bond donors (Lipinski definition) is 0. The topological polar surface area (TPSA) is 21.7 Å². The summed E-state index contributed by atoms with van der Waals surface area (Å²) in [6.07, 6.45) is 1.33. The molecule has 0 aromatic heterocycles. The van der Waals surface area contributed by atoms with Crippen molar-refractivity contribution in [2.24, 2.45) is 0 Å². The van der Waals surface area contributed by atoms with E-state index >= 15 is 0 Å². The van der Waals surface area contributed by atoms with Gasteiger partial charge in [0.15, 0.2) is 0 Å². The van der Waals surface area contributed by atoms with Gasteiger partial charge >= 0.3 is 0 Å². The lowest BCUT2D eigenvalue weighted by atomic mass is 10.1. The first-order valence-corrected chi connectivity index (χ1v) is 9.52. The number of nitrogens with zero attached hydrogens (tertiary/aromatic N) is 1. The van der Waals surface area contributed by atoms with Gasteiger partial charge in [0, 0.05) is 11.0 Å². The van der Waals surface area contributed by atoms with Crippen LogP contribution >= 0.6 is 22.6 Å². The summed E-state index contributed by atoms with van der Waals surface area (Å²) in [5, 5.41) is 2.10. The fourth-order valence-corrected chi connectivity index (χ4v) is 3.32. The zero-order valence-electron chi connectivity index (χ0n) is 13.1. The lowest BCUT2D eigenvalue weighted by molar-refractivity contribution is -0.171. The third kappa shape index (κ3) is 5.01. The van der Waals surface area contributed by atoms with Gasteiger partial charge < -0.3 is 4.74 Å². The van der Waals surface area contributed by atoms with Crippen LogP contribution in [0.4, 0.5) is 0 Å². The number of ether oxygens (including phenoxy) is 1. The largest absolute Gasteiger partial charge is 0.375 e. The normalized spacial score (nSPS) is 21.6. The van der Waals surface area contributed by atoms with Gasteiger partial charge in [0.05, 0.1) is 25.4 Å². The molecule has 0 unspecified atom stereocenters. The molecule has 4 heteroatoms. The Balaban J connectivity index is 1.54. The highest BCUT2D eigenvalue weighted by Gasteiger charge is 2.32. The summed E-state index contributed by atoms with van der Waals surface area (Å²) in [4.78, 5) is 6.08. The second-order valence-corrected chi connectivity index (χ2v) is 6.71. The lowest BCUT2D eigenvalue weighted by Crippen LogP contribution is -2.31. The molecule has 23 heavy (non-hydrogen) atoms. The van der Waals surface area contributed by atoms with Crippen LogP contribution in [-0.2, 0) is 22.7 Å². The summed E-state index contributed by atoms with van der Waals surface area (Å²) in [6.45, 7) is 2.17. The van der Waals surface area contributed by atoms with Gasteiger partial charge in [-0.2, -0.15) is 5.06 Å². The monoisotopic (exact) mass is 423 g/mol. The van der Waals surface area contributed by atoms with Crippen LogP contribution < -0.4 is 0 Å². The molecular weight excluding hydrogens is 401 g/mol. The smallest absolute Gasteiger partial charge is 0.0899 e. The predicted octanol–water partition coefficient (Wildman–Crippen LogP) is 4.21. The van der Waals surface area contributed by atoms with Crippen LogP contribution in [0, 0.1) is 0 Å². The first-order valence-electron chi connectivity index (χ1n) is 8.00. The second kappa shape index (κ2) is 8.78. The van der Waals surface area contributed by atoms with E-state index in [4.69, 9.17) is 9.57 Å². The summed E-state index contributed by atoms with van der Waals surface area (Å²) < 4.78 is 6.95. The van der Waals surface area contributed by atoms with Crippen molar-refractivity contribution >= 4 is 22.6 Å². The maximum Gasteiger partial charge on any atom is 0.0899 e. The van der Waals surface area contributed by atoms with Crippen LogP contribution in [0.3, 0.4) is 0 Å². The molecular formula is C19H22INO2. The van der Waals surface area contributed by atoms with E-state index in [-0.39, 0.29) is 0 Å². The summed E-state index contributed by atoms with van der Waals surface area (Å²) in [5.74, 6) is 0. The quantitative estimate of drug-likeness (QED) is 0.492. The third-order valence-corrected chi connectivity index (χ3v) is 4.98. The van der Waals surface area contributed by atoms with E-state index in [0.717, 1.165) is 17.4 Å². The highest BCUT2D eigenvalue weighted by atomic mass is 127. The van der Waals surface area contributed by atoms with Crippen molar-refractivity contribution in [3.63, 3.8) is 0 Å². The summed E-state index contributed by atoms with van der Waals surface area (Å²) in [5.41, 5.74) is 2.49. The molecule has 0 N–H and O–H groups in total. The van der Waals surface area contributed by atoms with E-state index < -0.39 is 0 Å². The van der Waals surface area contributed by atoms with Crippen LogP contribution in [0.1, 0.15) is 17.5 Å². The van der Waals surface area contributed by atoms with Crippen LogP contribution in [0.25, 0.3) is 0 Å². The summed E-state index contributed by atoms with van der Waals surface area (Å²) in [7, 11) is 0. The molecule has 1 aliphatic heterocycles. The molecule has 1 saturated heterocycles. The van der Waals surface area contributed by atoms with E-state index in [9.17, 15) is 0 Å². The predicted molar refractivity (Wildman–Crippen MR) is 100 cm³/mol. The Morgan fingerprint density at radius 1 is 1.00 bits per heavy atom. The van der Waals surface area contributed by atoms with Crippen LogP contribution in [0.5, 0.6) is 0 Å². The van der Waals surface area contributed by atoms with E-state index in [2.05, 4.69) is 64.1 Å². The van der Waals surface area contributed by atoms with Crippen LogP contribution in [0.15, 0.2) is 60.7 Å². The van der Waals surface area contributed by atoms with Crippen molar-refractivity contribution in [2.45, 2.75) is 31.7 Å². The first kappa shape index (κ1) is 16.9. The standard InChI is InChI=1S/C19H22INO2/c20-12-19-11-18(15-22-14-17-9-5-2-6-10-17)21(23-19)13-16-7-3-1-4-8-16/h1-10,18-19H,11-15H2/t18-,19-/m0/s1. The van der Waals surface area contributed by atoms with Gasteiger partial charge in [-0.3, -0.25) is 4.84 Å². The Labute approximate surface area is 151 Å². The van der Waals surface area contributed by atoms with Crippen molar-refractivity contribution in [1.82, 2.24) is 5.06 Å². The minimum absolute atomic E-state index is 0.296. The second-order valence-electron chi connectivity index (χ2n) is 5.83. The number of hydrogen-bond acceptors (Lipinski definition) is 3. The minimum Gasteiger partial charge on any atom is -0.375 e. The molecule has 0 aliphatic carbocycles. The van der Waals surface area contributed by atoms with Crippen molar-refractivity contribution in [1.29, 1.82) is 0 Å². The third-order valence-electron chi connectivity index (χ3n) is 4.00. The summed E-state index contributed by atoms with van der Waals surface area (Å²) in [6, 6.07) is 21.1. The van der Waals surface area contributed by atoms with Gasteiger partial charge in [-0.1, -0.05) is 83.3 Å². The van der Waals surface area contributed by atoms with Gasteiger partial charge in [0.25, 0.3) is 0 Å². The average molecular weight is 423 g/mol. The lowest BCUT2D eigenvalue weighted by Gasteiger charge is -2.22. The molecule has 1 heterocycles. The van der Waals surface area contributed by atoms with E-state index in [0.29, 0.717) is 25.4 Å². The zero-order chi connectivity index (χ0) is 15.9. The fourth-order valence-electron chi connectivity index (χ4n) is 2.80. The summed E-state index contributed by atoms with van der Waals surface area (Å²) >= 11 is 2.40. The van der Waals surface area contributed by atoms with Gasteiger partial charge in [0.1, 0.15) is 0 Å². The first-order chi connectivity index (χ1) is 11.3. The Morgan fingerprint density at radius 3 is 2.30 bits per heavy atom. The number of alkyl halides is 1. The number of rotatable bonds is 7. The Morgan fingerprint density at radius 2 is 1.65 bits per heavy atom. The average Bonchev–Trinajstić information content (AvgIpc) is 2.99. The van der Waals surface area contributed by atoms with Crippen molar-refractivity contribution in [2.75, 3.05) is 11.0 Å². The van der Waals surface area contributed by atoms with Gasteiger partial charge in [-0.15, -0.1) is 0 Å². The van der Waals surface area contributed by atoms with Crippen molar-refractivity contribution < 1.29 is 9.57 Å². The van der Waals surface area contributed by atoms with Crippen molar-refractivity contribution in [3.05, 3.63) is 71.8 Å². The van der Waals surface area contributed by atoms with Crippen LogP contribution in [-0.4, -0.2) is 28.2 Å². The Bertz CT molecular complexity index is 578. The van der Waals surface area contributed by atoms with Crippen LogP contribution in [0.2, 0.25) is 0 Å². The number of hydroxylamine groups is 2. The van der Waals surface area contributed by atoms with Crippen molar-refractivity contribution in [3.8, 4) is 0 Å². The zero-order valence-corrected chi connectivity index (χ0v) is 15.3.